The summed E-state index contributed by atoms with van der Waals surface area (Å²) in [5, 5.41) is 0. The Labute approximate surface area is 67.0 Å². The molecule has 0 aliphatic carbocycles. The van der Waals surface area contributed by atoms with Gasteiger partial charge >= 0.3 is 67.1 Å². The average Bonchev–Trinajstić information content (AvgIpc) is 1.14. The van der Waals surface area contributed by atoms with Crippen LogP contribution in [0.1, 0.15) is 0 Å². The molecule has 0 N–H and O–H groups in total. The summed E-state index contributed by atoms with van der Waals surface area (Å²) in [4.78, 5) is 0. The fourth-order valence-corrected chi connectivity index (χ4v) is 9.07. The molecule has 0 fully saturated rings. The van der Waals surface area contributed by atoms with Crippen LogP contribution in [-0.4, -0.2) is 8.32 Å². The van der Waals surface area contributed by atoms with Gasteiger partial charge in [-0.05, 0) is 0 Å². The zero-order valence-electron chi connectivity index (χ0n) is 5.52. The molecule has 0 saturated carbocycles. The van der Waals surface area contributed by atoms with Crippen LogP contribution in [0.25, 0.3) is 0 Å². The molecule has 0 saturated heterocycles. The minimum atomic E-state index is -3.84. The molecule has 0 aliphatic heterocycles. The molecule has 0 aromatic heterocycles. The zero-order chi connectivity index (χ0) is 7.71. The molecule has 0 aliphatic rings. The van der Waals surface area contributed by atoms with Crippen molar-refractivity contribution in [2.24, 2.45) is 0 Å². The first-order valence-corrected chi connectivity index (χ1v) is 10.8. The van der Waals surface area contributed by atoms with Crippen molar-refractivity contribution in [1.82, 2.24) is 0 Å². The van der Waals surface area contributed by atoms with Crippen molar-refractivity contribution in [1.29, 1.82) is 0 Å². The summed E-state index contributed by atoms with van der Waals surface area (Å²) in [5.74, 6) is 0. The van der Waals surface area contributed by atoms with Crippen molar-refractivity contribution in [3.05, 3.63) is 0 Å². The van der Waals surface area contributed by atoms with Crippen molar-refractivity contribution >= 4 is 28.0 Å². The zero-order valence-corrected chi connectivity index (χ0v) is 9.43. The van der Waals surface area contributed by atoms with Gasteiger partial charge in [0.2, 0.25) is 0 Å². The second kappa shape index (κ2) is 3.03. The molecule has 0 radical (unpaired) electrons. The van der Waals surface area contributed by atoms with Gasteiger partial charge in [0.25, 0.3) is 0 Å². The van der Waals surface area contributed by atoms with Gasteiger partial charge in [-0.2, -0.15) is 0 Å². The van der Waals surface area contributed by atoms with Gasteiger partial charge < -0.3 is 0 Å². The first kappa shape index (κ1) is 10.1. The van der Waals surface area contributed by atoms with E-state index in [-0.39, 0.29) is 0 Å². The third kappa shape index (κ3) is 9.14. The van der Waals surface area contributed by atoms with Crippen molar-refractivity contribution in [3.8, 4) is 0 Å². The molecule has 0 rings (SSSR count). The van der Waals surface area contributed by atoms with Crippen LogP contribution in [-0.2, 0) is 19.4 Å². The standard InChI is InChI=1S/C3H9OSi.2ClH.O.V/c1-5(2,3)4;;;;/h1-3H3;2*1H;;/q-1;;;;+3/p-2. The second-order valence-corrected chi connectivity index (χ2v) is 13.6. The molecule has 0 amide bonds. The first-order valence-electron chi connectivity index (χ1n) is 2.41. The maximum absolute atomic E-state index is 10.6. The normalized spacial score (nSPS) is 13.9. The molecule has 0 aromatic rings. The maximum atomic E-state index is 10.6. The van der Waals surface area contributed by atoms with E-state index in [0.717, 1.165) is 0 Å². The molecule has 0 spiro atoms. The fraction of sp³-hybridized carbons (Fsp3) is 1.00. The number of hydrogen-bond donors (Lipinski definition) is 0. The van der Waals surface area contributed by atoms with E-state index in [0.29, 0.717) is 0 Å². The van der Waals surface area contributed by atoms with Crippen LogP contribution in [0, 0.1) is 0 Å². The number of rotatable bonds is 2. The molecule has 6 heteroatoms. The van der Waals surface area contributed by atoms with Crippen LogP contribution >= 0.6 is 19.7 Å². The van der Waals surface area contributed by atoms with E-state index in [1.165, 1.54) is 0 Å². The molecular weight excluding hydrogens is 218 g/mol. The summed E-state index contributed by atoms with van der Waals surface area (Å²) in [7, 11) is 8.63. The summed E-state index contributed by atoms with van der Waals surface area (Å²) in [6, 6.07) is 0. The first-order chi connectivity index (χ1) is 3.71. The molecule has 9 heavy (non-hydrogen) atoms. The van der Waals surface area contributed by atoms with Gasteiger partial charge in [-0.15, -0.1) is 0 Å². The van der Waals surface area contributed by atoms with Crippen LogP contribution in [0.15, 0.2) is 0 Å². The van der Waals surface area contributed by atoms with Gasteiger partial charge in [0.15, 0.2) is 0 Å². The van der Waals surface area contributed by atoms with E-state index in [1.807, 2.05) is 19.6 Å². The molecular formula is C3H9Cl2O2SiV. The van der Waals surface area contributed by atoms with Gasteiger partial charge in [-0.25, -0.2) is 0 Å². The molecule has 0 atom stereocenters. The Balaban J connectivity index is 3.90. The van der Waals surface area contributed by atoms with Gasteiger partial charge in [0.1, 0.15) is 0 Å². The van der Waals surface area contributed by atoms with Crippen molar-refractivity contribution in [2.75, 3.05) is 0 Å². The number of halogens is 2. The van der Waals surface area contributed by atoms with Crippen LogP contribution in [0.5, 0.6) is 0 Å². The Kier molecular flexibility index (Phi) is 3.41. The molecule has 0 aromatic carbocycles. The molecule has 0 bridgehead atoms. The van der Waals surface area contributed by atoms with E-state index in [1.54, 1.807) is 0 Å². The Morgan fingerprint density at radius 1 is 1.33 bits per heavy atom. The van der Waals surface area contributed by atoms with Crippen molar-refractivity contribution in [2.45, 2.75) is 19.6 Å². The average molecular weight is 227 g/mol. The van der Waals surface area contributed by atoms with Gasteiger partial charge in [-0.3, -0.25) is 0 Å². The molecule has 0 heterocycles. The summed E-state index contributed by atoms with van der Waals surface area (Å²) >= 11 is -3.84. The Hall–Kier alpha value is 1.14. The van der Waals surface area contributed by atoms with Crippen LogP contribution in [0.4, 0.5) is 0 Å². The van der Waals surface area contributed by atoms with Gasteiger partial charge in [-0.1, -0.05) is 0 Å². The summed E-state index contributed by atoms with van der Waals surface area (Å²) in [6.07, 6.45) is 0. The third-order valence-corrected chi connectivity index (χ3v) is 6.41. The monoisotopic (exact) mass is 226 g/mol. The Morgan fingerprint density at radius 3 is 1.67 bits per heavy atom. The van der Waals surface area contributed by atoms with Gasteiger partial charge in [0.05, 0.1) is 0 Å². The van der Waals surface area contributed by atoms with Crippen LogP contribution in [0.2, 0.25) is 19.6 Å². The Bertz CT molecular complexity index is 137. The third-order valence-electron chi connectivity index (χ3n) is 0.380. The summed E-state index contributed by atoms with van der Waals surface area (Å²) in [6.45, 7) is 5.64. The molecule has 0 unspecified atom stereocenters. The van der Waals surface area contributed by atoms with E-state index < -0.39 is 20.7 Å². The quantitative estimate of drug-likeness (QED) is 0.677. The molecule has 56 valence electrons. The second-order valence-electron chi connectivity index (χ2n) is 2.62. The Morgan fingerprint density at radius 2 is 1.67 bits per heavy atom. The van der Waals surface area contributed by atoms with Crippen LogP contribution < -0.4 is 0 Å². The van der Waals surface area contributed by atoms with E-state index in [9.17, 15) is 3.67 Å². The van der Waals surface area contributed by atoms with E-state index in [4.69, 9.17) is 23.0 Å². The number of hydrogen-bond acceptors (Lipinski definition) is 2. The predicted molar refractivity (Wildman–Crippen MR) is 36.8 cm³/mol. The molecule has 2 nitrogen and oxygen atoms in total. The van der Waals surface area contributed by atoms with Crippen molar-refractivity contribution in [3.63, 3.8) is 0 Å². The van der Waals surface area contributed by atoms with Crippen molar-refractivity contribution < 1.29 is 19.4 Å². The minimum absolute atomic E-state index is 1.79. The fourth-order valence-electron chi connectivity index (χ4n) is 0.319. The van der Waals surface area contributed by atoms with E-state index in [2.05, 4.69) is 0 Å². The summed E-state index contributed by atoms with van der Waals surface area (Å²) in [5.41, 5.74) is 0. The predicted octanol–water partition coefficient (Wildman–Crippen LogP) is 2.56. The van der Waals surface area contributed by atoms with Gasteiger partial charge in [0, 0.05) is 0 Å². The van der Waals surface area contributed by atoms with E-state index >= 15 is 0 Å². The van der Waals surface area contributed by atoms with Crippen LogP contribution in [0.3, 0.4) is 0 Å². The SMILES string of the molecule is C[Si](C)(C)[O][V](=[O])([Cl])[Cl]. The topological polar surface area (TPSA) is 26.3 Å². The summed E-state index contributed by atoms with van der Waals surface area (Å²) < 4.78 is 15.5.